The Morgan fingerprint density at radius 2 is 2.16 bits per heavy atom. The van der Waals surface area contributed by atoms with Gasteiger partial charge < -0.3 is 10.1 Å². The van der Waals surface area contributed by atoms with Gasteiger partial charge in [0.05, 0.1) is 7.11 Å². The molecule has 0 aliphatic rings. The highest BCUT2D eigenvalue weighted by Crippen LogP contribution is 2.27. The Morgan fingerprint density at radius 3 is 2.84 bits per heavy atom. The van der Waals surface area contributed by atoms with E-state index in [1.165, 1.54) is 0 Å². The van der Waals surface area contributed by atoms with Gasteiger partial charge in [0.1, 0.15) is 22.0 Å². The van der Waals surface area contributed by atoms with Crippen molar-refractivity contribution in [1.82, 2.24) is 9.97 Å². The maximum absolute atomic E-state index is 6.17. The zero-order chi connectivity index (χ0) is 13.8. The molecule has 1 N–H and O–H groups in total. The van der Waals surface area contributed by atoms with Gasteiger partial charge in [0, 0.05) is 23.2 Å². The molecule has 0 aliphatic carbocycles. The van der Waals surface area contributed by atoms with Crippen LogP contribution in [0.25, 0.3) is 0 Å². The first-order valence-electron chi connectivity index (χ1n) is 5.66. The van der Waals surface area contributed by atoms with Crippen molar-refractivity contribution in [1.29, 1.82) is 0 Å². The summed E-state index contributed by atoms with van der Waals surface area (Å²) >= 11 is 9.51. The van der Waals surface area contributed by atoms with Crippen LogP contribution >= 0.6 is 27.5 Å². The molecule has 1 aromatic heterocycles. The molecule has 0 radical (unpaired) electrons. The van der Waals surface area contributed by atoms with Crippen LogP contribution in [0.4, 0.5) is 5.82 Å². The molecular formula is C13H13BrClN3O. The van der Waals surface area contributed by atoms with Crippen molar-refractivity contribution < 1.29 is 4.74 Å². The number of halogens is 2. The Labute approximate surface area is 125 Å². The fourth-order valence-electron chi connectivity index (χ4n) is 1.70. The van der Waals surface area contributed by atoms with Crippen LogP contribution in [0.2, 0.25) is 5.02 Å². The minimum absolute atomic E-state index is 0.533. The molecule has 0 aliphatic heterocycles. The second-order valence-corrected chi connectivity index (χ2v) is 5.12. The summed E-state index contributed by atoms with van der Waals surface area (Å²) in [5.74, 6) is 2.19. The van der Waals surface area contributed by atoms with Crippen LogP contribution < -0.4 is 10.1 Å². The van der Waals surface area contributed by atoms with Gasteiger partial charge in [0.2, 0.25) is 0 Å². The zero-order valence-electron chi connectivity index (χ0n) is 10.6. The van der Waals surface area contributed by atoms with E-state index in [9.17, 15) is 0 Å². The van der Waals surface area contributed by atoms with Crippen molar-refractivity contribution in [3.05, 3.63) is 45.3 Å². The smallest absolute Gasteiger partial charge is 0.131 e. The molecule has 1 heterocycles. The number of methoxy groups -OCH3 is 1. The molecule has 2 aromatic rings. The normalized spacial score (nSPS) is 10.3. The molecule has 6 heteroatoms. The molecule has 1 aromatic carbocycles. The minimum Gasteiger partial charge on any atom is -0.496 e. The largest absolute Gasteiger partial charge is 0.496 e. The van der Waals surface area contributed by atoms with Gasteiger partial charge in [-0.1, -0.05) is 17.7 Å². The second-order valence-electron chi connectivity index (χ2n) is 3.90. The Balaban J connectivity index is 2.18. The highest BCUT2D eigenvalue weighted by Gasteiger charge is 2.08. The van der Waals surface area contributed by atoms with E-state index >= 15 is 0 Å². The number of hydrogen-bond acceptors (Lipinski definition) is 4. The Kier molecular flexibility index (Phi) is 4.61. The summed E-state index contributed by atoms with van der Waals surface area (Å²) in [6.45, 7) is 2.37. The standard InChI is InChI=1S/C13H13BrClN3O/c1-8-17-12(14)6-13(18-8)16-7-9-10(15)4-3-5-11(9)19-2/h3-6H,7H2,1-2H3,(H,16,17,18). The Hall–Kier alpha value is -1.33. The van der Waals surface area contributed by atoms with Crippen LogP contribution in [0.1, 0.15) is 11.4 Å². The van der Waals surface area contributed by atoms with Crippen LogP contribution in [-0.2, 0) is 6.54 Å². The molecule has 0 bridgehead atoms. The second kappa shape index (κ2) is 6.21. The molecule has 0 saturated carbocycles. The number of hydrogen-bond donors (Lipinski definition) is 1. The number of aromatic nitrogens is 2. The van der Waals surface area contributed by atoms with Crippen molar-refractivity contribution in [2.75, 3.05) is 12.4 Å². The van der Waals surface area contributed by atoms with E-state index in [2.05, 4.69) is 31.2 Å². The highest BCUT2D eigenvalue weighted by molar-refractivity contribution is 9.10. The molecule has 4 nitrogen and oxygen atoms in total. The van der Waals surface area contributed by atoms with Crippen LogP contribution in [0.15, 0.2) is 28.9 Å². The molecule has 0 atom stereocenters. The molecule has 0 amide bonds. The molecule has 19 heavy (non-hydrogen) atoms. The van der Waals surface area contributed by atoms with E-state index in [1.54, 1.807) is 7.11 Å². The quantitative estimate of drug-likeness (QED) is 0.858. The number of aryl methyl sites for hydroxylation is 1. The number of rotatable bonds is 4. The molecule has 0 fully saturated rings. The first-order chi connectivity index (χ1) is 9.10. The number of anilines is 1. The predicted molar refractivity (Wildman–Crippen MR) is 79.8 cm³/mol. The van der Waals surface area contributed by atoms with E-state index in [4.69, 9.17) is 16.3 Å². The van der Waals surface area contributed by atoms with Gasteiger partial charge in [-0.25, -0.2) is 9.97 Å². The first kappa shape index (κ1) is 14.1. The molecule has 0 spiro atoms. The Bertz CT molecular complexity index is 572. The maximum atomic E-state index is 6.17. The van der Waals surface area contributed by atoms with Gasteiger partial charge in [0.15, 0.2) is 0 Å². The fraction of sp³-hybridized carbons (Fsp3) is 0.231. The summed E-state index contributed by atoms with van der Waals surface area (Å²) in [6, 6.07) is 7.39. The summed E-state index contributed by atoms with van der Waals surface area (Å²) in [6.07, 6.45) is 0. The number of ether oxygens (including phenoxy) is 1. The third-order valence-electron chi connectivity index (χ3n) is 2.55. The third-order valence-corrected chi connectivity index (χ3v) is 3.31. The van der Waals surface area contributed by atoms with Crippen LogP contribution in [-0.4, -0.2) is 17.1 Å². The lowest BCUT2D eigenvalue weighted by Crippen LogP contribution is -2.05. The van der Waals surface area contributed by atoms with Gasteiger partial charge in [-0.2, -0.15) is 0 Å². The maximum Gasteiger partial charge on any atom is 0.131 e. The summed E-state index contributed by atoms with van der Waals surface area (Å²) in [5.41, 5.74) is 0.902. The van der Waals surface area contributed by atoms with Gasteiger partial charge in [-0.15, -0.1) is 0 Å². The lowest BCUT2D eigenvalue weighted by atomic mass is 10.2. The van der Waals surface area contributed by atoms with Crippen molar-refractivity contribution in [3.63, 3.8) is 0 Å². The number of benzene rings is 1. The number of nitrogens with zero attached hydrogens (tertiary/aromatic N) is 2. The van der Waals surface area contributed by atoms with Gasteiger partial charge in [0.25, 0.3) is 0 Å². The van der Waals surface area contributed by atoms with Gasteiger partial charge >= 0.3 is 0 Å². The van der Waals surface area contributed by atoms with Crippen molar-refractivity contribution >= 4 is 33.3 Å². The lowest BCUT2D eigenvalue weighted by Gasteiger charge is -2.12. The van der Waals surface area contributed by atoms with E-state index < -0.39 is 0 Å². The van der Waals surface area contributed by atoms with Crippen LogP contribution in [0, 0.1) is 6.92 Å². The molecule has 2 rings (SSSR count). The van der Waals surface area contributed by atoms with Crippen molar-refractivity contribution in [2.45, 2.75) is 13.5 Å². The third kappa shape index (κ3) is 3.58. The fourth-order valence-corrected chi connectivity index (χ4v) is 2.41. The van der Waals surface area contributed by atoms with Gasteiger partial charge in [-0.3, -0.25) is 0 Å². The zero-order valence-corrected chi connectivity index (χ0v) is 12.9. The minimum atomic E-state index is 0.533. The van der Waals surface area contributed by atoms with Crippen molar-refractivity contribution in [2.24, 2.45) is 0 Å². The molecule has 0 saturated heterocycles. The van der Waals surface area contributed by atoms with E-state index in [1.807, 2.05) is 31.2 Å². The topological polar surface area (TPSA) is 47.0 Å². The monoisotopic (exact) mass is 341 g/mol. The number of nitrogens with one attached hydrogen (secondary N) is 1. The predicted octanol–water partition coefficient (Wildman–Crippen LogP) is 3.82. The summed E-state index contributed by atoms with van der Waals surface area (Å²) in [5, 5.41) is 3.88. The summed E-state index contributed by atoms with van der Waals surface area (Å²) < 4.78 is 6.04. The summed E-state index contributed by atoms with van der Waals surface area (Å²) in [7, 11) is 1.63. The lowest BCUT2D eigenvalue weighted by molar-refractivity contribution is 0.410. The average Bonchev–Trinajstić information content (AvgIpc) is 2.36. The van der Waals surface area contributed by atoms with Crippen molar-refractivity contribution in [3.8, 4) is 5.75 Å². The van der Waals surface area contributed by atoms with Gasteiger partial charge in [-0.05, 0) is 35.0 Å². The van der Waals surface area contributed by atoms with E-state index in [0.29, 0.717) is 17.4 Å². The molecule has 100 valence electrons. The average molecular weight is 343 g/mol. The summed E-state index contributed by atoms with van der Waals surface area (Å²) in [4.78, 5) is 8.45. The molecular weight excluding hydrogens is 330 g/mol. The van der Waals surface area contributed by atoms with Crippen LogP contribution in [0.3, 0.4) is 0 Å². The molecule has 0 unspecified atom stereocenters. The Morgan fingerprint density at radius 1 is 1.37 bits per heavy atom. The first-order valence-corrected chi connectivity index (χ1v) is 6.83. The van der Waals surface area contributed by atoms with E-state index in [-0.39, 0.29) is 0 Å². The SMILES string of the molecule is COc1cccc(Cl)c1CNc1cc(Br)nc(C)n1. The van der Waals surface area contributed by atoms with Crippen LogP contribution in [0.5, 0.6) is 5.75 Å². The van der Waals surface area contributed by atoms with E-state index in [0.717, 1.165) is 21.7 Å². The highest BCUT2D eigenvalue weighted by atomic mass is 79.9.